The van der Waals surface area contributed by atoms with Gasteiger partial charge in [0.15, 0.2) is 12.0 Å². The minimum Gasteiger partial charge on any atom is -0.443 e. The van der Waals surface area contributed by atoms with Crippen molar-refractivity contribution in [3.05, 3.63) is 30.2 Å². The first-order valence-corrected chi connectivity index (χ1v) is 4.94. The van der Waals surface area contributed by atoms with E-state index in [9.17, 15) is 4.79 Å². The summed E-state index contributed by atoms with van der Waals surface area (Å²) in [5.74, 6) is -0.0520. The molecule has 1 N–H and O–H groups in total. The average molecular weight is 219 g/mol. The van der Waals surface area contributed by atoms with E-state index in [1.807, 2.05) is 18.2 Å². The lowest BCUT2D eigenvalue weighted by atomic mass is 10.1. The molecule has 84 valence electrons. The van der Waals surface area contributed by atoms with Gasteiger partial charge in [0.05, 0.1) is 6.42 Å². The van der Waals surface area contributed by atoms with Crippen LogP contribution in [-0.4, -0.2) is 30.0 Å². The molecule has 5 heteroatoms. The summed E-state index contributed by atoms with van der Waals surface area (Å²) in [6.07, 6.45) is 1.73. The summed E-state index contributed by atoms with van der Waals surface area (Å²) in [5.41, 5.74) is 5.09. The quantitative estimate of drug-likeness (QED) is 0.781. The molecule has 0 unspecified atom stereocenters. The number of fused-ring (bicyclic) bond motifs is 1. The number of rotatable bonds is 3. The van der Waals surface area contributed by atoms with Crippen LogP contribution in [0.5, 0.6) is 0 Å². The largest absolute Gasteiger partial charge is 0.443 e. The Morgan fingerprint density at radius 1 is 1.50 bits per heavy atom. The van der Waals surface area contributed by atoms with E-state index in [0.29, 0.717) is 12.0 Å². The minimum atomic E-state index is -0.0520. The van der Waals surface area contributed by atoms with Crippen molar-refractivity contribution in [3.63, 3.8) is 0 Å². The Morgan fingerprint density at radius 3 is 3.06 bits per heavy atom. The zero-order valence-electron chi connectivity index (χ0n) is 9.23. The maximum Gasteiger partial charge on any atom is 0.238 e. The number of carbonyl (C=O) groups is 1. The van der Waals surface area contributed by atoms with Crippen LogP contribution in [0.1, 0.15) is 5.56 Å². The van der Waals surface area contributed by atoms with Crippen LogP contribution in [0.3, 0.4) is 0 Å². The van der Waals surface area contributed by atoms with Crippen molar-refractivity contribution in [1.82, 2.24) is 15.4 Å². The molecule has 2 rings (SSSR count). The molecule has 1 aromatic heterocycles. The molecule has 0 saturated carbocycles. The molecular formula is C11H13N3O2. The molecule has 0 radical (unpaired) electrons. The molecule has 0 bridgehead atoms. The predicted octanol–water partition coefficient (Wildman–Crippen LogP) is 0.963. The lowest BCUT2D eigenvalue weighted by molar-refractivity contribution is -0.124. The first-order chi connectivity index (χ1) is 7.65. The molecule has 1 heterocycles. The number of hydrazine groups is 1. The van der Waals surface area contributed by atoms with Crippen LogP contribution < -0.4 is 5.43 Å². The highest BCUT2D eigenvalue weighted by Gasteiger charge is 2.06. The fraction of sp³-hybridized carbons (Fsp3) is 0.273. The van der Waals surface area contributed by atoms with Crippen molar-refractivity contribution in [3.8, 4) is 0 Å². The Morgan fingerprint density at radius 2 is 2.31 bits per heavy atom. The molecule has 0 aliphatic carbocycles. The fourth-order valence-corrected chi connectivity index (χ4v) is 1.48. The van der Waals surface area contributed by atoms with Gasteiger partial charge in [-0.05, 0) is 17.7 Å². The third kappa shape index (κ3) is 2.38. The molecule has 16 heavy (non-hydrogen) atoms. The van der Waals surface area contributed by atoms with Crippen LogP contribution in [0.2, 0.25) is 0 Å². The SMILES string of the molecule is CN(C)NC(=O)Cc1ccc2ncoc2c1. The Hall–Kier alpha value is -1.88. The highest BCUT2D eigenvalue weighted by Crippen LogP contribution is 2.14. The van der Waals surface area contributed by atoms with Gasteiger partial charge in [-0.3, -0.25) is 10.2 Å². The maximum absolute atomic E-state index is 11.5. The first kappa shape index (κ1) is 10.6. The summed E-state index contributed by atoms with van der Waals surface area (Å²) >= 11 is 0. The zero-order chi connectivity index (χ0) is 11.5. The van der Waals surface area contributed by atoms with Crippen LogP contribution in [-0.2, 0) is 11.2 Å². The molecule has 5 nitrogen and oxygen atoms in total. The van der Waals surface area contributed by atoms with E-state index in [1.165, 1.54) is 6.39 Å². The summed E-state index contributed by atoms with van der Waals surface area (Å²) < 4.78 is 5.17. The van der Waals surface area contributed by atoms with Gasteiger partial charge in [-0.15, -0.1) is 0 Å². The van der Waals surface area contributed by atoms with Gasteiger partial charge in [0, 0.05) is 14.1 Å². The first-order valence-electron chi connectivity index (χ1n) is 4.94. The Labute approximate surface area is 93.0 Å². The molecular weight excluding hydrogens is 206 g/mol. The van der Waals surface area contributed by atoms with Gasteiger partial charge in [-0.2, -0.15) is 0 Å². The minimum absolute atomic E-state index is 0.0520. The number of oxazole rings is 1. The third-order valence-corrected chi connectivity index (χ3v) is 2.11. The number of nitrogens with zero attached hydrogens (tertiary/aromatic N) is 2. The number of carbonyl (C=O) groups excluding carboxylic acids is 1. The number of amides is 1. The van der Waals surface area contributed by atoms with Crippen molar-refractivity contribution >= 4 is 17.0 Å². The summed E-state index contributed by atoms with van der Waals surface area (Å²) in [6.45, 7) is 0. The van der Waals surface area contributed by atoms with E-state index in [0.717, 1.165) is 11.1 Å². The number of hydrogen-bond donors (Lipinski definition) is 1. The van der Waals surface area contributed by atoms with Crippen molar-refractivity contribution in [2.75, 3.05) is 14.1 Å². The van der Waals surface area contributed by atoms with E-state index in [4.69, 9.17) is 4.42 Å². The highest BCUT2D eigenvalue weighted by atomic mass is 16.3. The van der Waals surface area contributed by atoms with Gasteiger partial charge in [-0.1, -0.05) is 6.07 Å². The average Bonchev–Trinajstić information content (AvgIpc) is 2.63. The molecule has 0 fully saturated rings. The Balaban J connectivity index is 2.11. The number of nitrogens with one attached hydrogen (secondary N) is 1. The topological polar surface area (TPSA) is 58.4 Å². The lowest BCUT2D eigenvalue weighted by Gasteiger charge is -2.11. The van der Waals surface area contributed by atoms with Crippen LogP contribution in [0.25, 0.3) is 11.1 Å². The molecule has 0 spiro atoms. The molecule has 0 aliphatic heterocycles. The van der Waals surface area contributed by atoms with Crippen molar-refractivity contribution in [1.29, 1.82) is 0 Å². The number of benzene rings is 1. The van der Waals surface area contributed by atoms with Crippen molar-refractivity contribution < 1.29 is 9.21 Å². The van der Waals surface area contributed by atoms with Gasteiger partial charge in [0.25, 0.3) is 0 Å². The smallest absolute Gasteiger partial charge is 0.238 e. The summed E-state index contributed by atoms with van der Waals surface area (Å²) in [5, 5.41) is 1.62. The molecule has 0 saturated heterocycles. The number of aromatic nitrogens is 1. The Kier molecular flexibility index (Phi) is 2.87. The van der Waals surface area contributed by atoms with Crippen molar-refractivity contribution in [2.45, 2.75) is 6.42 Å². The molecule has 0 aliphatic rings. The van der Waals surface area contributed by atoms with Crippen molar-refractivity contribution in [2.24, 2.45) is 0 Å². The van der Waals surface area contributed by atoms with E-state index in [-0.39, 0.29) is 5.91 Å². The van der Waals surface area contributed by atoms with Crippen LogP contribution in [0, 0.1) is 0 Å². The van der Waals surface area contributed by atoms with E-state index < -0.39 is 0 Å². The van der Waals surface area contributed by atoms with Gasteiger partial charge in [0.2, 0.25) is 5.91 Å². The fourth-order valence-electron chi connectivity index (χ4n) is 1.48. The molecule has 1 aromatic carbocycles. The standard InChI is InChI=1S/C11H13N3O2/c1-14(2)13-11(15)6-8-3-4-9-10(5-8)16-7-12-9/h3-5,7H,6H2,1-2H3,(H,13,15). The number of hydrogen-bond acceptors (Lipinski definition) is 4. The van der Waals surface area contributed by atoms with Gasteiger partial charge < -0.3 is 4.42 Å². The van der Waals surface area contributed by atoms with Gasteiger partial charge >= 0.3 is 0 Å². The van der Waals surface area contributed by atoms with E-state index >= 15 is 0 Å². The van der Waals surface area contributed by atoms with Crippen LogP contribution in [0.4, 0.5) is 0 Å². The second-order valence-corrected chi connectivity index (χ2v) is 3.76. The molecule has 2 aromatic rings. The summed E-state index contributed by atoms with van der Waals surface area (Å²) in [6, 6.07) is 5.55. The van der Waals surface area contributed by atoms with E-state index in [1.54, 1.807) is 19.1 Å². The molecule has 0 atom stereocenters. The summed E-state index contributed by atoms with van der Waals surface area (Å²) in [4.78, 5) is 15.5. The second kappa shape index (κ2) is 4.32. The summed E-state index contributed by atoms with van der Waals surface area (Å²) in [7, 11) is 3.55. The van der Waals surface area contributed by atoms with Crippen LogP contribution in [0.15, 0.2) is 29.0 Å². The maximum atomic E-state index is 11.5. The predicted molar refractivity (Wildman–Crippen MR) is 59.5 cm³/mol. The van der Waals surface area contributed by atoms with E-state index in [2.05, 4.69) is 10.4 Å². The zero-order valence-corrected chi connectivity index (χ0v) is 9.23. The highest BCUT2D eigenvalue weighted by molar-refractivity contribution is 5.80. The third-order valence-electron chi connectivity index (χ3n) is 2.11. The second-order valence-electron chi connectivity index (χ2n) is 3.76. The Bertz CT molecular complexity index is 505. The molecule has 1 amide bonds. The lowest BCUT2D eigenvalue weighted by Crippen LogP contribution is -2.37. The monoisotopic (exact) mass is 219 g/mol. The normalized spacial score (nSPS) is 10.9. The van der Waals surface area contributed by atoms with Gasteiger partial charge in [-0.25, -0.2) is 9.99 Å². The van der Waals surface area contributed by atoms with Gasteiger partial charge in [0.1, 0.15) is 5.52 Å². The van der Waals surface area contributed by atoms with Crippen LogP contribution >= 0.6 is 0 Å².